The molecule has 8 nitrogen and oxygen atoms in total. The van der Waals surface area contributed by atoms with Crippen LogP contribution < -0.4 is 4.90 Å². The summed E-state index contributed by atoms with van der Waals surface area (Å²) < 4.78 is 15.9. The van der Waals surface area contributed by atoms with Crippen molar-refractivity contribution < 1.29 is 13.7 Å². The predicted molar refractivity (Wildman–Crippen MR) is 100 cm³/mol. The first-order valence-corrected chi connectivity index (χ1v) is 9.04. The number of ether oxygens (including phenoxy) is 1. The zero-order valence-corrected chi connectivity index (χ0v) is 15.6. The van der Waals surface area contributed by atoms with Crippen LogP contribution in [0.2, 0.25) is 0 Å². The number of hydrogen-bond donors (Lipinski definition) is 0. The SMILES string of the molecule is COCCN1CCN(c2ncc(-c3cc(C)no3)c(-c3ccoc3)n2)CC1. The summed E-state index contributed by atoms with van der Waals surface area (Å²) in [4.78, 5) is 14.0. The van der Waals surface area contributed by atoms with Gasteiger partial charge in [-0.25, -0.2) is 9.97 Å². The molecule has 0 amide bonds. The molecule has 1 fully saturated rings. The Bertz CT molecular complexity index is 869. The average molecular weight is 369 g/mol. The zero-order chi connectivity index (χ0) is 18.6. The molecule has 0 radical (unpaired) electrons. The fourth-order valence-corrected chi connectivity index (χ4v) is 3.21. The zero-order valence-electron chi connectivity index (χ0n) is 15.6. The lowest BCUT2D eigenvalue weighted by Gasteiger charge is -2.34. The van der Waals surface area contributed by atoms with Crippen LogP contribution in [0.4, 0.5) is 5.95 Å². The number of methoxy groups -OCH3 is 1. The molecule has 4 heterocycles. The molecule has 3 aromatic heterocycles. The minimum absolute atomic E-state index is 0.652. The molecule has 1 aliphatic rings. The van der Waals surface area contributed by atoms with E-state index in [1.54, 1.807) is 19.6 Å². The third-order valence-corrected chi connectivity index (χ3v) is 4.73. The summed E-state index contributed by atoms with van der Waals surface area (Å²) in [5.41, 5.74) is 3.30. The van der Waals surface area contributed by atoms with Crippen LogP contribution >= 0.6 is 0 Å². The molecule has 0 spiro atoms. The molecule has 27 heavy (non-hydrogen) atoms. The standard InChI is InChI=1S/C19H23N5O3/c1-14-11-17(27-22-14)16-12-20-19(21-18(16)15-3-9-26-13-15)24-6-4-23(5-7-24)8-10-25-2/h3,9,11-13H,4-8,10H2,1-2H3. The van der Waals surface area contributed by atoms with Crippen LogP contribution in [0.3, 0.4) is 0 Å². The van der Waals surface area contributed by atoms with E-state index in [1.165, 1.54) is 0 Å². The Morgan fingerprint density at radius 2 is 2.07 bits per heavy atom. The second-order valence-corrected chi connectivity index (χ2v) is 6.60. The second kappa shape index (κ2) is 7.89. The molecule has 0 aromatic carbocycles. The highest BCUT2D eigenvalue weighted by atomic mass is 16.5. The fraction of sp³-hybridized carbons (Fsp3) is 0.421. The van der Waals surface area contributed by atoms with E-state index in [1.807, 2.05) is 25.3 Å². The maximum atomic E-state index is 5.43. The van der Waals surface area contributed by atoms with Crippen molar-refractivity contribution in [2.45, 2.75) is 6.92 Å². The van der Waals surface area contributed by atoms with Gasteiger partial charge in [-0.1, -0.05) is 5.16 Å². The number of aromatic nitrogens is 3. The molecular formula is C19H23N5O3. The number of piperazine rings is 1. The Balaban J connectivity index is 1.59. The molecule has 142 valence electrons. The highest BCUT2D eigenvalue weighted by Gasteiger charge is 2.22. The van der Waals surface area contributed by atoms with Crippen LogP contribution in [0, 0.1) is 6.92 Å². The van der Waals surface area contributed by atoms with Gasteiger partial charge in [0.05, 0.1) is 36.1 Å². The van der Waals surface area contributed by atoms with Crippen molar-refractivity contribution in [1.82, 2.24) is 20.0 Å². The number of anilines is 1. The first-order valence-electron chi connectivity index (χ1n) is 9.04. The molecule has 3 aromatic rings. The molecule has 8 heteroatoms. The molecular weight excluding hydrogens is 346 g/mol. The topological polar surface area (TPSA) is 80.7 Å². The van der Waals surface area contributed by atoms with Crippen molar-refractivity contribution in [1.29, 1.82) is 0 Å². The molecule has 0 saturated carbocycles. The van der Waals surface area contributed by atoms with Gasteiger partial charge < -0.3 is 18.6 Å². The largest absolute Gasteiger partial charge is 0.472 e. The van der Waals surface area contributed by atoms with Crippen molar-refractivity contribution in [2.24, 2.45) is 0 Å². The van der Waals surface area contributed by atoms with Crippen molar-refractivity contribution >= 4 is 5.95 Å². The Morgan fingerprint density at radius 3 is 2.74 bits per heavy atom. The van der Waals surface area contributed by atoms with Gasteiger partial charge in [0.2, 0.25) is 5.95 Å². The van der Waals surface area contributed by atoms with Gasteiger partial charge >= 0.3 is 0 Å². The lowest BCUT2D eigenvalue weighted by atomic mass is 10.1. The van der Waals surface area contributed by atoms with Gasteiger partial charge in [-0.2, -0.15) is 0 Å². The van der Waals surface area contributed by atoms with Crippen LogP contribution in [0.1, 0.15) is 5.69 Å². The molecule has 0 N–H and O–H groups in total. The summed E-state index contributed by atoms with van der Waals surface area (Å²) in [6, 6.07) is 3.78. The van der Waals surface area contributed by atoms with Crippen LogP contribution in [-0.2, 0) is 4.74 Å². The maximum absolute atomic E-state index is 5.43. The number of furan rings is 1. The Morgan fingerprint density at radius 1 is 1.22 bits per heavy atom. The highest BCUT2D eigenvalue weighted by Crippen LogP contribution is 2.32. The molecule has 1 aliphatic heterocycles. The Hall–Kier alpha value is -2.71. The number of hydrogen-bond acceptors (Lipinski definition) is 8. The van der Waals surface area contributed by atoms with Crippen LogP contribution in [0.5, 0.6) is 0 Å². The van der Waals surface area contributed by atoms with Crippen molar-refractivity contribution in [2.75, 3.05) is 51.3 Å². The predicted octanol–water partition coefficient (Wildman–Crippen LogP) is 2.47. The number of aryl methyl sites for hydroxylation is 1. The van der Waals surface area contributed by atoms with Gasteiger partial charge in [-0.15, -0.1) is 0 Å². The Kier molecular flexibility index (Phi) is 5.17. The van der Waals surface area contributed by atoms with E-state index in [-0.39, 0.29) is 0 Å². The molecule has 0 bridgehead atoms. The summed E-state index contributed by atoms with van der Waals surface area (Å²) >= 11 is 0. The van der Waals surface area contributed by atoms with Gasteiger partial charge in [0.15, 0.2) is 5.76 Å². The van der Waals surface area contributed by atoms with Gasteiger partial charge in [0.25, 0.3) is 0 Å². The summed E-state index contributed by atoms with van der Waals surface area (Å²) in [5, 5.41) is 3.98. The second-order valence-electron chi connectivity index (χ2n) is 6.60. The fourth-order valence-electron chi connectivity index (χ4n) is 3.21. The molecule has 0 atom stereocenters. The first kappa shape index (κ1) is 17.7. The quantitative estimate of drug-likeness (QED) is 0.655. The molecule has 1 saturated heterocycles. The lowest BCUT2D eigenvalue weighted by molar-refractivity contribution is 0.143. The third kappa shape index (κ3) is 3.86. The summed E-state index contributed by atoms with van der Waals surface area (Å²) in [6.07, 6.45) is 5.13. The van der Waals surface area contributed by atoms with Crippen LogP contribution in [0.25, 0.3) is 22.6 Å². The summed E-state index contributed by atoms with van der Waals surface area (Å²) in [5.74, 6) is 1.37. The van der Waals surface area contributed by atoms with Crippen molar-refractivity contribution in [3.8, 4) is 22.6 Å². The van der Waals surface area contributed by atoms with E-state index < -0.39 is 0 Å². The van der Waals surface area contributed by atoms with Gasteiger partial charge in [-0.05, 0) is 13.0 Å². The minimum Gasteiger partial charge on any atom is -0.472 e. The summed E-state index contributed by atoms with van der Waals surface area (Å²) in [7, 11) is 1.74. The number of rotatable bonds is 6. The van der Waals surface area contributed by atoms with E-state index in [2.05, 4.69) is 19.9 Å². The first-order chi connectivity index (χ1) is 13.2. The molecule has 0 aliphatic carbocycles. The maximum Gasteiger partial charge on any atom is 0.225 e. The van der Waals surface area contributed by atoms with E-state index in [9.17, 15) is 0 Å². The van der Waals surface area contributed by atoms with Crippen LogP contribution in [-0.4, -0.2) is 66.5 Å². The minimum atomic E-state index is 0.652. The summed E-state index contributed by atoms with van der Waals surface area (Å²) in [6.45, 7) is 7.31. The Labute approximate surface area is 157 Å². The monoisotopic (exact) mass is 369 g/mol. The normalized spacial score (nSPS) is 15.4. The van der Waals surface area contributed by atoms with Crippen molar-refractivity contribution in [3.05, 3.63) is 36.5 Å². The molecule has 4 rings (SSSR count). The third-order valence-electron chi connectivity index (χ3n) is 4.73. The van der Waals surface area contributed by atoms with Crippen LogP contribution in [0.15, 0.2) is 39.8 Å². The molecule has 0 unspecified atom stereocenters. The van der Waals surface area contributed by atoms with Crippen molar-refractivity contribution in [3.63, 3.8) is 0 Å². The van der Waals surface area contributed by atoms with E-state index in [0.29, 0.717) is 5.76 Å². The van der Waals surface area contributed by atoms with Gasteiger partial charge in [0, 0.05) is 57.7 Å². The smallest absolute Gasteiger partial charge is 0.225 e. The lowest BCUT2D eigenvalue weighted by Crippen LogP contribution is -2.47. The number of nitrogens with zero attached hydrogens (tertiary/aromatic N) is 5. The highest BCUT2D eigenvalue weighted by molar-refractivity contribution is 5.78. The van der Waals surface area contributed by atoms with E-state index in [0.717, 1.165) is 67.8 Å². The van der Waals surface area contributed by atoms with E-state index in [4.69, 9.17) is 18.7 Å². The van der Waals surface area contributed by atoms with Gasteiger partial charge in [-0.3, -0.25) is 4.90 Å². The van der Waals surface area contributed by atoms with E-state index >= 15 is 0 Å². The average Bonchev–Trinajstić information content (AvgIpc) is 3.38. The van der Waals surface area contributed by atoms with Gasteiger partial charge in [0.1, 0.15) is 0 Å².